The lowest BCUT2D eigenvalue weighted by atomic mass is 9.84. The van der Waals surface area contributed by atoms with Gasteiger partial charge in [-0.2, -0.15) is 0 Å². The Labute approximate surface area is 212 Å². The predicted octanol–water partition coefficient (Wildman–Crippen LogP) is 4.15. The van der Waals surface area contributed by atoms with Crippen LogP contribution in [0, 0.1) is 11.8 Å². The van der Waals surface area contributed by atoms with E-state index < -0.39 is 12.0 Å². The summed E-state index contributed by atoms with van der Waals surface area (Å²) < 4.78 is 11.4. The Bertz CT molecular complexity index is 1100. The quantitative estimate of drug-likeness (QED) is 0.584. The predicted molar refractivity (Wildman–Crippen MR) is 138 cm³/mol. The van der Waals surface area contributed by atoms with E-state index in [2.05, 4.69) is 14.8 Å². The number of carboxylic acids is 1. The van der Waals surface area contributed by atoms with Crippen LogP contribution < -0.4 is 14.4 Å². The van der Waals surface area contributed by atoms with Crippen molar-refractivity contribution < 1.29 is 24.2 Å². The van der Waals surface area contributed by atoms with Gasteiger partial charge >= 0.3 is 5.97 Å². The summed E-state index contributed by atoms with van der Waals surface area (Å²) in [5.41, 5.74) is 1.95. The fourth-order valence-electron chi connectivity index (χ4n) is 6.19. The number of benzene rings is 1. The maximum atomic E-state index is 12.2. The highest BCUT2D eigenvalue weighted by Crippen LogP contribution is 2.39. The number of methoxy groups -OCH3 is 1. The molecule has 8 heteroatoms. The molecule has 0 amide bonds. The standard InChI is InChI=1S/C28H37N3O5/c1-35-21-6-7-23-22(17-21)27-26(18-29-23)36-15-14-31(27)12-9-19-8-11-30(24(16-19)28(33)34)13-10-20-4-2-3-5-25(20)32/h6-7,17-20,24H,2-5,8-16H2,1H3,(H,33,34)/t19-,20?,24+/m1/s1. The van der Waals surface area contributed by atoms with E-state index in [1.165, 1.54) is 0 Å². The van der Waals surface area contributed by atoms with Crippen molar-refractivity contribution in [2.45, 2.75) is 57.4 Å². The lowest BCUT2D eigenvalue weighted by Gasteiger charge is -2.39. The van der Waals surface area contributed by atoms with Crippen molar-refractivity contribution in [3.8, 4) is 11.5 Å². The first-order chi connectivity index (χ1) is 17.5. The lowest BCUT2D eigenvalue weighted by molar-refractivity contribution is -0.145. The molecule has 2 fully saturated rings. The van der Waals surface area contributed by atoms with Gasteiger partial charge in [0.05, 0.1) is 31.1 Å². The smallest absolute Gasteiger partial charge is 0.320 e. The molecule has 1 N–H and O–H groups in total. The zero-order chi connectivity index (χ0) is 25.1. The number of likely N-dealkylation sites (tertiary alicyclic amines) is 1. The van der Waals surface area contributed by atoms with E-state index >= 15 is 0 Å². The second-order valence-corrected chi connectivity index (χ2v) is 10.5. The first-order valence-electron chi connectivity index (χ1n) is 13.4. The molecule has 5 rings (SSSR count). The number of pyridine rings is 1. The number of fused-ring (bicyclic) bond motifs is 3. The van der Waals surface area contributed by atoms with Gasteiger partial charge in [-0.25, -0.2) is 0 Å². The molecule has 3 aliphatic rings. The van der Waals surface area contributed by atoms with E-state index in [0.29, 0.717) is 37.7 Å². The van der Waals surface area contributed by atoms with Crippen molar-refractivity contribution in [3.05, 3.63) is 24.4 Å². The Morgan fingerprint density at radius 2 is 2.08 bits per heavy atom. The van der Waals surface area contributed by atoms with E-state index in [9.17, 15) is 14.7 Å². The normalized spacial score (nSPS) is 24.9. The summed E-state index contributed by atoms with van der Waals surface area (Å²) in [6.45, 7) is 3.74. The Morgan fingerprint density at radius 3 is 2.89 bits per heavy atom. The number of rotatable bonds is 8. The molecule has 1 aromatic carbocycles. The van der Waals surface area contributed by atoms with Gasteiger partial charge in [0.1, 0.15) is 24.2 Å². The number of hydrogen-bond acceptors (Lipinski definition) is 7. The third-order valence-electron chi connectivity index (χ3n) is 8.31. The maximum absolute atomic E-state index is 12.2. The summed E-state index contributed by atoms with van der Waals surface area (Å²) in [7, 11) is 1.66. The zero-order valence-corrected chi connectivity index (χ0v) is 21.2. The number of piperidine rings is 1. The van der Waals surface area contributed by atoms with Crippen LogP contribution in [0.5, 0.6) is 11.5 Å². The summed E-state index contributed by atoms with van der Waals surface area (Å²) >= 11 is 0. The summed E-state index contributed by atoms with van der Waals surface area (Å²) in [6, 6.07) is 5.43. The summed E-state index contributed by atoms with van der Waals surface area (Å²) in [5, 5.41) is 11.0. The minimum atomic E-state index is -0.740. The molecular weight excluding hydrogens is 458 g/mol. The van der Waals surface area contributed by atoms with Crippen LogP contribution in [0.2, 0.25) is 0 Å². The van der Waals surface area contributed by atoms with Crippen LogP contribution in [-0.4, -0.2) is 72.7 Å². The Morgan fingerprint density at radius 1 is 1.19 bits per heavy atom. The van der Waals surface area contributed by atoms with Gasteiger partial charge in [0.15, 0.2) is 5.75 Å². The summed E-state index contributed by atoms with van der Waals surface area (Å²) in [6.07, 6.45) is 8.96. The number of carboxylic acid groups (broad SMARTS) is 1. The Balaban J connectivity index is 1.23. The molecule has 0 bridgehead atoms. The highest BCUT2D eigenvalue weighted by molar-refractivity contribution is 5.96. The number of carbonyl (C=O) groups excluding carboxylic acids is 1. The molecule has 1 unspecified atom stereocenters. The average molecular weight is 496 g/mol. The SMILES string of the molecule is COc1ccc2ncc3c(c2c1)N(CC[C@H]1CCN(CCC2CCCCC2=O)[C@H](C(=O)O)C1)CCO3. The van der Waals surface area contributed by atoms with Crippen molar-refractivity contribution in [3.63, 3.8) is 0 Å². The van der Waals surface area contributed by atoms with Gasteiger partial charge in [0.2, 0.25) is 0 Å². The molecule has 1 aliphatic carbocycles. The highest BCUT2D eigenvalue weighted by Gasteiger charge is 2.34. The van der Waals surface area contributed by atoms with Gasteiger partial charge in [0.25, 0.3) is 0 Å². The molecule has 3 atom stereocenters. The largest absolute Gasteiger partial charge is 0.497 e. The monoisotopic (exact) mass is 495 g/mol. The van der Waals surface area contributed by atoms with Gasteiger partial charge in [-0.05, 0) is 75.7 Å². The van der Waals surface area contributed by atoms with Crippen LogP contribution in [0.15, 0.2) is 24.4 Å². The van der Waals surface area contributed by atoms with E-state index in [4.69, 9.17) is 9.47 Å². The number of nitrogens with zero attached hydrogens (tertiary/aromatic N) is 3. The molecule has 1 aromatic heterocycles. The molecule has 36 heavy (non-hydrogen) atoms. The molecule has 1 saturated carbocycles. The fraction of sp³-hybridized carbons (Fsp3) is 0.607. The fourth-order valence-corrected chi connectivity index (χ4v) is 6.19. The average Bonchev–Trinajstić information content (AvgIpc) is 2.91. The van der Waals surface area contributed by atoms with Crippen molar-refractivity contribution in [2.75, 3.05) is 44.8 Å². The van der Waals surface area contributed by atoms with E-state index in [1.807, 2.05) is 18.2 Å². The van der Waals surface area contributed by atoms with Crippen molar-refractivity contribution in [2.24, 2.45) is 11.8 Å². The van der Waals surface area contributed by atoms with Crippen molar-refractivity contribution in [1.82, 2.24) is 9.88 Å². The molecule has 194 valence electrons. The molecule has 8 nitrogen and oxygen atoms in total. The number of anilines is 1. The van der Waals surface area contributed by atoms with Gasteiger partial charge in [-0.1, -0.05) is 6.42 Å². The topological polar surface area (TPSA) is 92.2 Å². The van der Waals surface area contributed by atoms with Crippen LogP contribution in [0.4, 0.5) is 5.69 Å². The number of ether oxygens (including phenoxy) is 2. The van der Waals surface area contributed by atoms with Crippen molar-refractivity contribution >= 4 is 28.3 Å². The second-order valence-electron chi connectivity index (χ2n) is 10.5. The number of hydrogen-bond donors (Lipinski definition) is 1. The molecule has 2 aromatic rings. The third kappa shape index (κ3) is 5.28. The van der Waals surface area contributed by atoms with Gasteiger partial charge in [-0.15, -0.1) is 0 Å². The summed E-state index contributed by atoms with van der Waals surface area (Å²) in [5.74, 6) is 1.68. The Hall–Kier alpha value is -2.87. The maximum Gasteiger partial charge on any atom is 0.320 e. The van der Waals surface area contributed by atoms with E-state index in [1.54, 1.807) is 13.3 Å². The Kier molecular flexibility index (Phi) is 7.60. The molecule has 1 saturated heterocycles. The van der Waals surface area contributed by atoms with Gasteiger partial charge in [0, 0.05) is 24.3 Å². The molecular formula is C28H37N3O5. The van der Waals surface area contributed by atoms with Crippen LogP contribution in [0.25, 0.3) is 10.9 Å². The minimum absolute atomic E-state index is 0.121. The van der Waals surface area contributed by atoms with Crippen LogP contribution in [-0.2, 0) is 9.59 Å². The molecule has 0 radical (unpaired) electrons. The molecule has 3 heterocycles. The summed E-state index contributed by atoms with van der Waals surface area (Å²) in [4.78, 5) is 33.4. The van der Waals surface area contributed by atoms with E-state index in [-0.39, 0.29) is 5.92 Å². The number of carbonyl (C=O) groups is 2. The second kappa shape index (κ2) is 11.0. The van der Waals surface area contributed by atoms with Gasteiger partial charge in [-0.3, -0.25) is 19.5 Å². The van der Waals surface area contributed by atoms with Crippen LogP contribution in [0.3, 0.4) is 0 Å². The number of ketones is 1. The number of aromatic nitrogens is 1. The van der Waals surface area contributed by atoms with Crippen LogP contribution in [0.1, 0.15) is 51.4 Å². The van der Waals surface area contributed by atoms with Gasteiger partial charge < -0.3 is 19.5 Å². The third-order valence-corrected chi connectivity index (χ3v) is 8.31. The minimum Gasteiger partial charge on any atom is -0.497 e. The van der Waals surface area contributed by atoms with Crippen molar-refractivity contribution in [1.29, 1.82) is 0 Å². The number of aliphatic carboxylic acids is 1. The number of Topliss-reactive ketones (excluding diaryl/α,β-unsaturated/α-hetero) is 1. The molecule has 2 aliphatic heterocycles. The lowest BCUT2D eigenvalue weighted by Crippen LogP contribution is -2.48. The zero-order valence-electron chi connectivity index (χ0n) is 21.2. The highest BCUT2D eigenvalue weighted by atomic mass is 16.5. The van der Waals surface area contributed by atoms with E-state index in [0.717, 1.165) is 86.2 Å². The molecule has 0 spiro atoms. The first-order valence-corrected chi connectivity index (χ1v) is 13.4. The van der Waals surface area contributed by atoms with Crippen LogP contribution >= 0.6 is 0 Å². The first kappa shape index (κ1) is 24.8.